The average molecular weight is 311 g/mol. The molecule has 4 nitrogen and oxygen atoms in total. The van der Waals surface area contributed by atoms with Crippen LogP contribution in [0.2, 0.25) is 0 Å². The van der Waals surface area contributed by atoms with Gasteiger partial charge in [-0.3, -0.25) is 0 Å². The third-order valence-electron chi connectivity index (χ3n) is 2.96. The second-order valence-electron chi connectivity index (χ2n) is 4.94. The number of thiazole rings is 1. The maximum absolute atomic E-state index is 5.35. The summed E-state index contributed by atoms with van der Waals surface area (Å²) in [4.78, 5) is 7.62. The van der Waals surface area contributed by atoms with E-state index in [4.69, 9.17) is 4.74 Å². The molecule has 0 aromatic carbocycles. The van der Waals surface area contributed by atoms with Crippen LogP contribution in [0.15, 0.2) is 16.8 Å². The Bertz CT molecular complexity index is 523. The molecule has 1 unspecified atom stereocenters. The zero-order chi connectivity index (χ0) is 14.5. The largest absolute Gasteiger partial charge is 0.480 e. The molecule has 0 spiro atoms. The van der Waals surface area contributed by atoms with Gasteiger partial charge in [0.2, 0.25) is 5.88 Å². The quantitative estimate of drug-likeness (QED) is 0.853. The molecule has 0 bridgehead atoms. The zero-order valence-corrected chi connectivity index (χ0v) is 14.0. The maximum atomic E-state index is 5.35. The van der Waals surface area contributed by atoms with Crippen LogP contribution in [-0.2, 0) is 13.0 Å². The number of rotatable bonds is 7. The summed E-state index contributed by atoms with van der Waals surface area (Å²) in [6.45, 7) is 3.00. The predicted octanol–water partition coefficient (Wildman–Crippen LogP) is 3.00. The van der Waals surface area contributed by atoms with E-state index in [1.54, 1.807) is 29.8 Å². The minimum Gasteiger partial charge on any atom is -0.480 e. The van der Waals surface area contributed by atoms with Crippen LogP contribution in [0.25, 0.3) is 0 Å². The number of aromatic nitrogens is 1. The van der Waals surface area contributed by atoms with Crippen molar-refractivity contribution >= 4 is 27.8 Å². The lowest BCUT2D eigenvalue weighted by Gasteiger charge is -2.12. The highest BCUT2D eigenvalue weighted by Crippen LogP contribution is 2.30. The molecule has 2 aromatic rings. The van der Waals surface area contributed by atoms with Crippen molar-refractivity contribution in [1.82, 2.24) is 10.3 Å². The van der Waals surface area contributed by atoms with Gasteiger partial charge in [-0.2, -0.15) is 16.3 Å². The molecule has 2 heterocycles. The van der Waals surface area contributed by atoms with Gasteiger partial charge in [-0.1, -0.05) is 11.3 Å². The van der Waals surface area contributed by atoms with Crippen LogP contribution in [0.5, 0.6) is 5.88 Å². The first-order chi connectivity index (χ1) is 9.60. The van der Waals surface area contributed by atoms with Gasteiger partial charge < -0.3 is 15.0 Å². The number of nitrogens with zero attached hydrogens (tertiary/aromatic N) is 2. The third-order valence-corrected chi connectivity index (χ3v) is 4.90. The van der Waals surface area contributed by atoms with Crippen LogP contribution >= 0.6 is 22.7 Å². The van der Waals surface area contributed by atoms with E-state index in [9.17, 15) is 0 Å². The molecule has 0 saturated carbocycles. The fourth-order valence-electron chi connectivity index (χ4n) is 1.89. The van der Waals surface area contributed by atoms with Crippen molar-refractivity contribution in [3.05, 3.63) is 27.3 Å². The average Bonchev–Trinajstić information content (AvgIpc) is 3.04. The Balaban J connectivity index is 1.92. The van der Waals surface area contributed by atoms with Crippen molar-refractivity contribution in [1.29, 1.82) is 0 Å². The van der Waals surface area contributed by atoms with Gasteiger partial charge in [0.05, 0.1) is 12.0 Å². The summed E-state index contributed by atoms with van der Waals surface area (Å²) >= 11 is 3.42. The van der Waals surface area contributed by atoms with Crippen molar-refractivity contribution in [3.8, 4) is 5.88 Å². The van der Waals surface area contributed by atoms with Crippen LogP contribution in [-0.4, -0.2) is 32.2 Å². The summed E-state index contributed by atoms with van der Waals surface area (Å²) < 4.78 is 5.35. The van der Waals surface area contributed by atoms with E-state index in [0.717, 1.165) is 28.9 Å². The molecule has 2 aromatic heterocycles. The molecule has 2 rings (SSSR count). The Hall–Kier alpha value is -1.11. The molecule has 20 heavy (non-hydrogen) atoms. The Morgan fingerprint density at radius 1 is 1.45 bits per heavy atom. The summed E-state index contributed by atoms with van der Waals surface area (Å²) in [5, 5.41) is 8.84. The number of hydrogen-bond acceptors (Lipinski definition) is 6. The highest BCUT2D eigenvalue weighted by atomic mass is 32.1. The fraction of sp³-hybridized carbons (Fsp3) is 0.500. The molecule has 110 valence electrons. The van der Waals surface area contributed by atoms with Crippen molar-refractivity contribution in [3.63, 3.8) is 0 Å². The van der Waals surface area contributed by atoms with E-state index in [1.807, 2.05) is 19.0 Å². The lowest BCUT2D eigenvalue weighted by atomic mass is 10.1. The van der Waals surface area contributed by atoms with Crippen molar-refractivity contribution in [2.75, 3.05) is 26.1 Å². The molecular weight excluding hydrogens is 290 g/mol. The highest BCUT2D eigenvalue weighted by Gasteiger charge is 2.14. The summed E-state index contributed by atoms with van der Waals surface area (Å²) in [7, 11) is 5.66. The minimum absolute atomic E-state index is 0.430. The SMILES string of the molecule is COc1nc(N(C)C)sc1CNC(C)Cc1ccsc1. The van der Waals surface area contributed by atoms with Crippen molar-refractivity contribution in [2.45, 2.75) is 25.9 Å². The standard InChI is InChI=1S/C14H21N3OS2/c1-10(7-11-5-6-19-9-11)15-8-12-13(18-4)16-14(20-12)17(2)3/h5-6,9-10,15H,7-8H2,1-4H3. The number of nitrogens with one attached hydrogen (secondary N) is 1. The summed E-state index contributed by atoms with van der Waals surface area (Å²) in [6.07, 6.45) is 1.05. The lowest BCUT2D eigenvalue weighted by molar-refractivity contribution is 0.393. The molecule has 0 aliphatic rings. The first-order valence-electron chi connectivity index (χ1n) is 6.55. The Kier molecular flexibility index (Phi) is 5.39. The van der Waals surface area contributed by atoms with Gasteiger partial charge in [0.1, 0.15) is 0 Å². The van der Waals surface area contributed by atoms with Gasteiger partial charge in [0.25, 0.3) is 0 Å². The number of thiophene rings is 1. The topological polar surface area (TPSA) is 37.4 Å². The summed E-state index contributed by atoms with van der Waals surface area (Å²) in [5.74, 6) is 0.730. The van der Waals surface area contributed by atoms with E-state index in [0.29, 0.717) is 6.04 Å². The van der Waals surface area contributed by atoms with E-state index < -0.39 is 0 Å². The molecule has 6 heteroatoms. The minimum atomic E-state index is 0.430. The fourth-order valence-corrected chi connectivity index (χ4v) is 3.47. The van der Waals surface area contributed by atoms with Gasteiger partial charge in [-0.15, -0.1) is 0 Å². The number of anilines is 1. The first kappa shape index (κ1) is 15.3. The van der Waals surface area contributed by atoms with Crippen LogP contribution in [0, 0.1) is 0 Å². The van der Waals surface area contributed by atoms with Gasteiger partial charge in [-0.25, -0.2) is 0 Å². The monoisotopic (exact) mass is 311 g/mol. The van der Waals surface area contributed by atoms with Crippen LogP contribution in [0.1, 0.15) is 17.4 Å². The van der Waals surface area contributed by atoms with Crippen molar-refractivity contribution < 1.29 is 4.74 Å². The Morgan fingerprint density at radius 3 is 2.85 bits per heavy atom. The Morgan fingerprint density at radius 2 is 2.25 bits per heavy atom. The maximum Gasteiger partial charge on any atom is 0.230 e. The second-order valence-corrected chi connectivity index (χ2v) is 6.78. The third kappa shape index (κ3) is 3.94. The molecule has 0 fully saturated rings. The van der Waals surface area contributed by atoms with E-state index in [-0.39, 0.29) is 0 Å². The van der Waals surface area contributed by atoms with Gasteiger partial charge >= 0.3 is 0 Å². The summed E-state index contributed by atoms with van der Waals surface area (Å²) in [5.41, 5.74) is 1.39. The normalized spacial score (nSPS) is 12.4. The first-order valence-corrected chi connectivity index (χ1v) is 8.31. The molecule has 1 N–H and O–H groups in total. The van der Waals surface area contributed by atoms with Gasteiger partial charge in [0, 0.05) is 26.7 Å². The van der Waals surface area contributed by atoms with Crippen LogP contribution in [0.4, 0.5) is 5.13 Å². The molecule has 0 radical (unpaired) electrons. The van der Waals surface area contributed by atoms with Crippen LogP contribution in [0.3, 0.4) is 0 Å². The van der Waals surface area contributed by atoms with Gasteiger partial charge in [-0.05, 0) is 35.7 Å². The molecule has 0 aliphatic heterocycles. The second kappa shape index (κ2) is 7.06. The molecule has 0 aliphatic carbocycles. The smallest absolute Gasteiger partial charge is 0.230 e. The van der Waals surface area contributed by atoms with Gasteiger partial charge in [0.15, 0.2) is 5.13 Å². The van der Waals surface area contributed by atoms with Crippen LogP contribution < -0.4 is 15.0 Å². The Labute approximate surface area is 128 Å². The van der Waals surface area contributed by atoms with Crippen molar-refractivity contribution in [2.24, 2.45) is 0 Å². The molecular formula is C14H21N3OS2. The highest BCUT2D eigenvalue weighted by molar-refractivity contribution is 7.15. The van der Waals surface area contributed by atoms with E-state index in [2.05, 4.69) is 34.1 Å². The lowest BCUT2D eigenvalue weighted by Crippen LogP contribution is -2.27. The molecule has 0 saturated heterocycles. The molecule has 1 atom stereocenters. The van der Waals surface area contributed by atoms with E-state index >= 15 is 0 Å². The number of methoxy groups -OCH3 is 1. The predicted molar refractivity (Wildman–Crippen MR) is 87.3 cm³/mol. The summed E-state index contributed by atoms with van der Waals surface area (Å²) in [6, 6.07) is 2.61. The van der Waals surface area contributed by atoms with E-state index in [1.165, 1.54) is 5.56 Å². The number of hydrogen-bond donors (Lipinski definition) is 1. The molecule has 0 amide bonds. The number of ether oxygens (including phenoxy) is 1. The zero-order valence-electron chi connectivity index (χ0n) is 12.3.